The van der Waals surface area contributed by atoms with Crippen molar-refractivity contribution in [3.8, 4) is 11.5 Å². The fourth-order valence-electron chi connectivity index (χ4n) is 3.00. The Hall–Kier alpha value is -2.59. The van der Waals surface area contributed by atoms with Crippen molar-refractivity contribution in [2.45, 2.75) is 24.5 Å². The van der Waals surface area contributed by atoms with Crippen LogP contribution in [-0.4, -0.2) is 48.6 Å². The lowest BCUT2D eigenvalue weighted by Gasteiger charge is -2.31. The van der Waals surface area contributed by atoms with Gasteiger partial charge in [0.15, 0.2) is 10.9 Å². The number of nitrogens with zero attached hydrogens (tertiary/aromatic N) is 7. The fraction of sp³-hybridized carbons (Fsp3) is 0.333. The van der Waals surface area contributed by atoms with Crippen LogP contribution in [-0.2, 0) is 23.6 Å². The lowest BCUT2D eigenvalue weighted by molar-refractivity contribution is 0.292. The van der Waals surface area contributed by atoms with E-state index in [9.17, 15) is 8.42 Å². The van der Waals surface area contributed by atoms with Crippen molar-refractivity contribution in [1.82, 2.24) is 33.6 Å². The zero-order chi connectivity index (χ0) is 17.6. The van der Waals surface area contributed by atoms with Crippen LogP contribution in [0, 0.1) is 0 Å². The SMILES string of the molecule is C[C@H]1CN(S(=O)(=O)c2cn(C)cn2)Cc2nnc(-c3ccccn3)n21. The van der Waals surface area contributed by atoms with Crippen molar-refractivity contribution < 1.29 is 8.42 Å². The predicted octanol–water partition coefficient (Wildman–Crippen LogP) is 0.839. The first-order valence-corrected chi connectivity index (χ1v) is 9.24. The quantitative estimate of drug-likeness (QED) is 0.687. The highest BCUT2D eigenvalue weighted by atomic mass is 32.2. The highest BCUT2D eigenvalue weighted by Crippen LogP contribution is 2.29. The molecule has 0 N–H and O–H groups in total. The predicted molar refractivity (Wildman–Crippen MR) is 88.8 cm³/mol. The Morgan fingerprint density at radius 1 is 1.20 bits per heavy atom. The summed E-state index contributed by atoms with van der Waals surface area (Å²) >= 11 is 0. The summed E-state index contributed by atoms with van der Waals surface area (Å²) < 4.78 is 30.6. The molecule has 0 saturated carbocycles. The molecule has 3 aromatic heterocycles. The molecule has 25 heavy (non-hydrogen) atoms. The number of rotatable bonds is 3. The van der Waals surface area contributed by atoms with E-state index in [-0.39, 0.29) is 17.6 Å². The maximum atomic E-state index is 12.8. The van der Waals surface area contributed by atoms with Crippen molar-refractivity contribution in [3.05, 3.63) is 42.7 Å². The molecular weight excluding hydrogens is 342 g/mol. The molecule has 1 aliphatic rings. The average Bonchev–Trinajstić information content (AvgIpc) is 3.22. The number of aromatic nitrogens is 6. The number of fused-ring (bicyclic) bond motifs is 1. The lowest BCUT2D eigenvalue weighted by atomic mass is 10.2. The van der Waals surface area contributed by atoms with Crippen LogP contribution < -0.4 is 0 Å². The van der Waals surface area contributed by atoms with Crippen LogP contribution in [0.15, 0.2) is 41.9 Å². The summed E-state index contributed by atoms with van der Waals surface area (Å²) in [5.74, 6) is 1.25. The molecule has 1 aliphatic heterocycles. The molecule has 1 atom stereocenters. The van der Waals surface area contributed by atoms with Gasteiger partial charge in [-0.05, 0) is 19.1 Å². The largest absolute Gasteiger partial charge is 0.339 e. The molecule has 9 nitrogen and oxygen atoms in total. The van der Waals surface area contributed by atoms with Gasteiger partial charge in [0.1, 0.15) is 11.5 Å². The van der Waals surface area contributed by atoms with E-state index >= 15 is 0 Å². The Morgan fingerprint density at radius 3 is 2.72 bits per heavy atom. The van der Waals surface area contributed by atoms with Gasteiger partial charge in [-0.25, -0.2) is 13.4 Å². The molecule has 0 saturated heterocycles. The first-order valence-electron chi connectivity index (χ1n) is 7.80. The number of hydrogen-bond acceptors (Lipinski definition) is 6. The van der Waals surface area contributed by atoms with E-state index in [0.717, 1.165) is 0 Å². The highest BCUT2D eigenvalue weighted by Gasteiger charge is 2.35. The minimum Gasteiger partial charge on any atom is -0.339 e. The second-order valence-corrected chi connectivity index (χ2v) is 7.93. The van der Waals surface area contributed by atoms with Crippen LogP contribution >= 0.6 is 0 Å². The Bertz CT molecular complexity index is 1010. The van der Waals surface area contributed by atoms with E-state index in [1.807, 2.05) is 29.7 Å². The lowest BCUT2D eigenvalue weighted by Crippen LogP contribution is -2.40. The molecule has 4 heterocycles. The molecule has 0 aliphatic carbocycles. The van der Waals surface area contributed by atoms with Crippen LogP contribution in [0.5, 0.6) is 0 Å². The van der Waals surface area contributed by atoms with Gasteiger partial charge >= 0.3 is 0 Å². The molecule has 0 radical (unpaired) electrons. The molecule has 0 fully saturated rings. The first-order chi connectivity index (χ1) is 12.0. The monoisotopic (exact) mass is 359 g/mol. The van der Waals surface area contributed by atoms with Crippen molar-refractivity contribution in [2.75, 3.05) is 6.54 Å². The number of pyridine rings is 1. The van der Waals surface area contributed by atoms with Crippen LogP contribution in [0.3, 0.4) is 0 Å². The van der Waals surface area contributed by atoms with E-state index in [2.05, 4.69) is 20.2 Å². The minimum absolute atomic E-state index is 0.0418. The van der Waals surface area contributed by atoms with Crippen LogP contribution in [0.1, 0.15) is 18.8 Å². The summed E-state index contributed by atoms with van der Waals surface area (Å²) in [5, 5.41) is 8.45. The van der Waals surface area contributed by atoms with Gasteiger partial charge in [0, 0.05) is 32.0 Å². The van der Waals surface area contributed by atoms with Crippen LogP contribution in [0.25, 0.3) is 11.5 Å². The standard InChI is InChI=1S/C15H17N7O2S/c1-11-7-21(25(23,24)14-9-20(2)10-17-14)8-13-18-19-15(22(11)13)12-5-3-4-6-16-12/h3-6,9-11H,7-8H2,1-2H3/t11-/m0/s1. The smallest absolute Gasteiger partial charge is 0.262 e. The summed E-state index contributed by atoms with van der Waals surface area (Å²) in [5.41, 5.74) is 0.717. The van der Waals surface area contributed by atoms with Gasteiger partial charge in [-0.1, -0.05) is 6.07 Å². The maximum absolute atomic E-state index is 12.8. The molecular formula is C15H17N7O2S. The maximum Gasteiger partial charge on any atom is 0.262 e. The number of hydrogen-bond donors (Lipinski definition) is 0. The Kier molecular flexibility index (Phi) is 3.65. The molecule has 0 unspecified atom stereocenters. The number of aryl methyl sites for hydroxylation is 1. The third-order valence-corrected chi connectivity index (χ3v) is 5.87. The molecule has 10 heteroatoms. The molecule has 130 valence electrons. The van der Waals surface area contributed by atoms with Gasteiger partial charge in [-0.2, -0.15) is 4.31 Å². The molecule has 0 bridgehead atoms. The van der Waals surface area contributed by atoms with E-state index in [1.165, 1.54) is 16.8 Å². The van der Waals surface area contributed by atoms with E-state index in [0.29, 0.717) is 23.9 Å². The zero-order valence-electron chi connectivity index (χ0n) is 13.8. The minimum atomic E-state index is -3.67. The van der Waals surface area contributed by atoms with Crippen LogP contribution in [0.2, 0.25) is 0 Å². The van der Waals surface area contributed by atoms with Crippen molar-refractivity contribution >= 4 is 10.0 Å². The zero-order valence-corrected chi connectivity index (χ0v) is 14.6. The van der Waals surface area contributed by atoms with Crippen molar-refractivity contribution in [3.63, 3.8) is 0 Å². The van der Waals surface area contributed by atoms with Crippen molar-refractivity contribution in [1.29, 1.82) is 0 Å². The topological polar surface area (TPSA) is 98.8 Å². The Morgan fingerprint density at radius 2 is 2.04 bits per heavy atom. The Labute approximate surface area is 145 Å². The van der Waals surface area contributed by atoms with E-state index < -0.39 is 10.0 Å². The molecule has 0 aromatic carbocycles. The van der Waals surface area contributed by atoms with E-state index in [4.69, 9.17) is 0 Å². The summed E-state index contributed by atoms with van der Waals surface area (Å²) in [7, 11) is -1.93. The van der Waals surface area contributed by atoms with Gasteiger partial charge in [0.05, 0.1) is 12.9 Å². The van der Waals surface area contributed by atoms with Crippen molar-refractivity contribution in [2.24, 2.45) is 7.05 Å². The molecule has 3 aromatic rings. The average molecular weight is 359 g/mol. The highest BCUT2D eigenvalue weighted by molar-refractivity contribution is 7.89. The van der Waals surface area contributed by atoms with Gasteiger partial charge < -0.3 is 9.13 Å². The Balaban J connectivity index is 1.70. The fourth-order valence-corrected chi connectivity index (χ4v) is 4.44. The van der Waals surface area contributed by atoms with Gasteiger partial charge in [0.25, 0.3) is 10.0 Å². The molecule has 4 rings (SSSR count). The van der Waals surface area contributed by atoms with E-state index in [1.54, 1.807) is 17.8 Å². The van der Waals surface area contributed by atoms with Gasteiger partial charge in [0.2, 0.25) is 0 Å². The molecule has 0 spiro atoms. The third-order valence-electron chi connectivity index (χ3n) is 4.17. The summed E-state index contributed by atoms with van der Waals surface area (Å²) in [4.78, 5) is 8.29. The summed E-state index contributed by atoms with van der Waals surface area (Å²) in [6.45, 7) is 2.42. The summed E-state index contributed by atoms with van der Waals surface area (Å²) in [6, 6.07) is 5.46. The van der Waals surface area contributed by atoms with Gasteiger partial charge in [-0.3, -0.25) is 4.98 Å². The molecule has 0 amide bonds. The normalized spacial score (nSPS) is 18.2. The number of imidazole rings is 1. The third kappa shape index (κ3) is 2.63. The van der Waals surface area contributed by atoms with Crippen LogP contribution in [0.4, 0.5) is 0 Å². The second kappa shape index (κ2) is 5.74. The second-order valence-electron chi connectivity index (χ2n) is 6.05. The summed E-state index contributed by atoms with van der Waals surface area (Å²) in [6.07, 6.45) is 4.67. The number of sulfonamides is 1. The first kappa shape index (κ1) is 15.9. The van der Waals surface area contributed by atoms with Gasteiger partial charge in [-0.15, -0.1) is 10.2 Å².